The molecule has 1 heterocycles. The Morgan fingerprint density at radius 2 is 1.79 bits per heavy atom. The number of aromatic carboxylic acids is 1. The Hall–Kier alpha value is -2.71. The number of carboxylic acid groups (broad SMARTS) is 1. The number of H-pyrrole nitrogens is 1. The van der Waals surface area contributed by atoms with E-state index in [4.69, 9.17) is 10.2 Å². The molecule has 0 saturated carbocycles. The van der Waals surface area contributed by atoms with Crippen molar-refractivity contribution in [1.29, 1.82) is 0 Å². The summed E-state index contributed by atoms with van der Waals surface area (Å²) in [7, 11) is -3.81. The van der Waals surface area contributed by atoms with Crippen molar-refractivity contribution >= 4 is 26.9 Å². The lowest BCUT2D eigenvalue weighted by molar-refractivity contribution is 0.0691. The minimum Gasteiger partial charge on any atom is -0.477 e. The fourth-order valence-corrected chi connectivity index (χ4v) is 3.15. The van der Waals surface area contributed by atoms with Crippen LogP contribution in [0.5, 0.6) is 0 Å². The lowest BCUT2D eigenvalue weighted by Gasteiger charge is -2.06. The van der Waals surface area contributed by atoms with Crippen LogP contribution >= 0.6 is 0 Å². The summed E-state index contributed by atoms with van der Waals surface area (Å²) in [6.07, 6.45) is 0. The van der Waals surface area contributed by atoms with E-state index in [-0.39, 0.29) is 11.3 Å². The van der Waals surface area contributed by atoms with E-state index in [1.807, 2.05) is 0 Å². The summed E-state index contributed by atoms with van der Waals surface area (Å²) < 4.78 is 36.2. The molecule has 0 fully saturated rings. The maximum absolute atomic E-state index is 14.1. The van der Waals surface area contributed by atoms with Gasteiger partial charge in [0.25, 0.3) is 0 Å². The molecule has 0 amide bonds. The summed E-state index contributed by atoms with van der Waals surface area (Å²) in [6.45, 7) is 0. The topological polar surface area (TPSA) is 113 Å². The third-order valence-electron chi connectivity index (χ3n) is 3.60. The Bertz CT molecular complexity index is 1060. The number of benzene rings is 2. The maximum Gasteiger partial charge on any atom is 0.352 e. The summed E-state index contributed by atoms with van der Waals surface area (Å²) in [4.78, 5) is 13.8. The summed E-state index contributed by atoms with van der Waals surface area (Å²) in [5, 5.41) is 14.6. The summed E-state index contributed by atoms with van der Waals surface area (Å²) in [6, 6.07) is 10.9. The van der Waals surface area contributed by atoms with Crippen molar-refractivity contribution in [2.24, 2.45) is 5.14 Å². The van der Waals surface area contributed by atoms with Crippen molar-refractivity contribution in [1.82, 2.24) is 4.98 Å². The monoisotopic (exact) mass is 348 g/mol. The molecule has 6 nitrogen and oxygen atoms in total. The van der Waals surface area contributed by atoms with Crippen LogP contribution in [0.3, 0.4) is 0 Å². The minimum atomic E-state index is -3.81. The van der Waals surface area contributed by atoms with Crippen LogP contribution in [-0.2, 0) is 15.8 Å². The molecule has 24 heavy (non-hydrogen) atoms. The standard InChI is InChI=1S/C16H13FN2O4S/c17-13-5-9(2-4-12(13)8-24(18,22)23)10-1-3-11-7-15(16(20)21)19-14(11)6-10/h1-7,19H,8H2,(H,20,21)(H2,18,22,23). The van der Waals surface area contributed by atoms with E-state index in [2.05, 4.69) is 4.98 Å². The molecule has 4 N–H and O–H groups in total. The van der Waals surface area contributed by atoms with Gasteiger partial charge in [-0.2, -0.15) is 0 Å². The van der Waals surface area contributed by atoms with Gasteiger partial charge in [0, 0.05) is 16.5 Å². The highest BCUT2D eigenvalue weighted by Gasteiger charge is 2.12. The third-order valence-corrected chi connectivity index (χ3v) is 4.31. The number of fused-ring (bicyclic) bond motifs is 1. The Morgan fingerprint density at radius 1 is 1.12 bits per heavy atom. The second kappa shape index (κ2) is 5.73. The summed E-state index contributed by atoms with van der Waals surface area (Å²) in [5.74, 6) is -2.30. The van der Waals surface area contributed by atoms with E-state index in [1.165, 1.54) is 18.2 Å². The highest BCUT2D eigenvalue weighted by molar-refractivity contribution is 7.88. The van der Waals surface area contributed by atoms with Crippen molar-refractivity contribution in [3.8, 4) is 11.1 Å². The molecular formula is C16H13FN2O4S. The van der Waals surface area contributed by atoms with Crippen LogP contribution in [0.2, 0.25) is 0 Å². The summed E-state index contributed by atoms with van der Waals surface area (Å²) >= 11 is 0. The number of rotatable bonds is 4. The van der Waals surface area contributed by atoms with E-state index in [1.54, 1.807) is 24.3 Å². The van der Waals surface area contributed by atoms with Crippen LogP contribution < -0.4 is 5.14 Å². The second-order valence-corrected chi connectivity index (χ2v) is 7.02. The van der Waals surface area contributed by atoms with Gasteiger partial charge < -0.3 is 10.1 Å². The largest absolute Gasteiger partial charge is 0.477 e. The van der Waals surface area contributed by atoms with Crippen LogP contribution in [0.25, 0.3) is 22.0 Å². The average molecular weight is 348 g/mol. The van der Waals surface area contributed by atoms with E-state index in [0.717, 1.165) is 5.39 Å². The van der Waals surface area contributed by atoms with Gasteiger partial charge in [0.2, 0.25) is 10.0 Å². The molecule has 0 radical (unpaired) electrons. The molecule has 0 unspecified atom stereocenters. The molecule has 0 atom stereocenters. The van der Waals surface area contributed by atoms with Gasteiger partial charge in [-0.15, -0.1) is 0 Å². The zero-order valence-electron chi connectivity index (χ0n) is 12.3. The van der Waals surface area contributed by atoms with Crippen molar-refractivity contribution in [3.05, 3.63) is 59.5 Å². The number of sulfonamides is 1. The van der Waals surface area contributed by atoms with E-state index < -0.39 is 27.6 Å². The number of aromatic nitrogens is 1. The molecule has 1 aromatic heterocycles. The molecule has 0 aliphatic rings. The van der Waals surface area contributed by atoms with Gasteiger partial charge in [0.05, 0.1) is 5.75 Å². The fraction of sp³-hybridized carbons (Fsp3) is 0.0625. The van der Waals surface area contributed by atoms with Gasteiger partial charge in [-0.1, -0.05) is 24.3 Å². The lowest BCUT2D eigenvalue weighted by Crippen LogP contribution is -2.15. The van der Waals surface area contributed by atoms with Crippen molar-refractivity contribution < 1.29 is 22.7 Å². The van der Waals surface area contributed by atoms with Gasteiger partial charge >= 0.3 is 5.97 Å². The first kappa shape index (κ1) is 16.2. The SMILES string of the molecule is NS(=O)(=O)Cc1ccc(-c2ccc3cc(C(=O)O)[nH]c3c2)cc1F. The maximum atomic E-state index is 14.1. The van der Waals surface area contributed by atoms with Crippen molar-refractivity contribution in [2.75, 3.05) is 0 Å². The third kappa shape index (κ3) is 3.29. The quantitative estimate of drug-likeness (QED) is 0.672. The van der Waals surface area contributed by atoms with Crippen LogP contribution in [0.1, 0.15) is 16.1 Å². The van der Waals surface area contributed by atoms with E-state index >= 15 is 0 Å². The molecule has 0 bridgehead atoms. The van der Waals surface area contributed by atoms with E-state index in [9.17, 15) is 17.6 Å². The van der Waals surface area contributed by atoms with Gasteiger partial charge in [0.1, 0.15) is 11.5 Å². The van der Waals surface area contributed by atoms with E-state index in [0.29, 0.717) is 16.6 Å². The smallest absolute Gasteiger partial charge is 0.352 e. The van der Waals surface area contributed by atoms with Gasteiger partial charge in [0.15, 0.2) is 0 Å². The first-order chi connectivity index (χ1) is 11.2. The van der Waals surface area contributed by atoms with Crippen molar-refractivity contribution in [2.45, 2.75) is 5.75 Å². The van der Waals surface area contributed by atoms with Crippen LogP contribution in [-0.4, -0.2) is 24.5 Å². The number of halogens is 1. The number of nitrogens with two attached hydrogens (primary N) is 1. The number of primary sulfonamides is 1. The van der Waals surface area contributed by atoms with Crippen molar-refractivity contribution in [3.63, 3.8) is 0 Å². The number of hydrogen-bond donors (Lipinski definition) is 3. The second-order valence-electron chi connectivity index (χ2n) is 5.40. The predicted molar refractivity (Wildman–Crippen MR) is 87.5 cm³/mol. The van der Waals surface area contributed by atoms with Crippen LogP contribution in [0, 0.1) is 5.82 Å². The first-order valence-electron chi connectivity index (χ1n) is 6.88. The predicted octanol–water partition coefficient (Wildman–Crippen LogP) is 2.46. The summed E-state index contributed by atoms with van der Waals surface area (Å²) in [5.41, 5.74) is 1.88. The molecule has 8 heteroatoms. The average Bonchev–Trinajstić information content (AvgIpc) is 2.91. The molecule has 0 aliphatic heterocycles. The van der Waals surface area contributed by atoms with Crippen LogP contribution in [0.15, 0.2) is 42.5 Å². The fourth-order valence-electron chi connectivity index (χ4n) is 2.48. The Balaban J connectivity index is 2.01. The zero-order valence-corrected chi connectivity index (χ0v) is 13.1. The Labute approximate surface area is 136 Å². The molecule has 0 aliphatic carbocycles. The minimum absolute atomic E-state index is 0.00429. The number of carbonyl (C=O) groups is 1. The number of carboxylic acids is 1. The molecule has 0 saturated heterocycles. The normalized spacial score (nSPS) is 11.8. The Kier molecular flexibility index (Phi) is 3.86. The van der Waals surface area contributed by atoms with Gasteiger partial charge in [-0.3, -0.25) is 0 Å². The van der Waals surface area contributed by atoms with Gasteiger partial charge in [-0.05, 0) is 29.3 Å². The highest BCUT2D eigenvalue weighted by Crippen LogP contribution is 2.26. The highest BCUT2D eigenvalue weighted by atomic mass is 32.2. The molecule has 124 valence electrons. The molecule has 2 aromatic carbocycles. The number of aromatic amines is 1. The molecule has 0 spiro atoms. The lowest BCUT2D eigenvalue weighted by atomic mass is 10.0. The van der Waals surface area contributed by atoms with Gasteiger partial charge in [-0.25, -0.2) is 22.7 Å². The van der Waals surface area contributed by atoms with Crippen LogP contribution in [0.4, 0.5) is 4.39 Å². The molecule has 3 rings (SSSR count). The Morgan fingerprint density at radius 3 is 2.42 bits per heavy atom. The zero-order chi connectivity index (χ0) is 17.5. The first-order valence-corrected chi connectivity index (χ1v) is 8.60. The molecule has 3 aromatic rings. The number of nitrogens with one attached hydrogen (secondary N) is 1. The molecular weight excluding hydrogens is 335 g/mol. The number of hydrogen-bond acceptors (Lipinski definition) is 3.